The van der Waals surface area contributed by atoms with Crippen molar-refractivity contribution in [3.8, 4) is 0 Å². The van der Waals surface area contributed by atoms with E-state index in [1.165, 1.54) is 35.9 Å². The molecule has 2 N–H and O–H groups in total. The summed E-state index contributed by atoms with van der Waals surface area (Å²) in [5.41, 5.74) is -3.17. The molecule has 4 aliphatic rings. The molecular weight excluding hydrogens is 495 g/mol. The van der Waals surface area contributed by atoms with Crippen LogP contribution in [0.5, 0.6) is 0 Å². The third-order valence-electron chi connectivity index (χ3n) is 7.94. The molecule has 1 aromatic heterocycles. The highest BCUT2D eigenvalue weighted by Gasteiger charge is 2.70. The number of aromatic nitrogens is 1. The number of carbonyl (C=O) groups excluding carboxylic acids is 1. The van der Waals surface area contributed by atoms with Gasteiger partial charge in [-0.3, -0.25) is 9.59 Å². The van der Waals surface area contributed by atoms with E-state index in [2.05, 4.69) is 10.6 Å². The normalized spacial score (nSPS) is 29.8. The van der Waals surface area contributed by atoms with Gasteiger partial charge in [-0.05, 0) is 20.4 Å². The maximum atomic E-state index is 14.7. The van der Waals surface area contributed by atoms with Gasteiger partial charge in [0, 0.05) is 50.2 Å². The Morgan fingerprint density at radius 2 is 1.86 bits per heavy atom. The van der Waals surface area contributed by atoms with Crippen LogP contribution in [0.2, 0.25) is 0 Å². The molecule has 3 saturated carbocycles. The molecule has 37 heavy (non-hydrogen) atoms. The number of piperidine rings is 1. The number of hydrogen-bond donors (Lipinski definition) is 2. The molecule has 2 heterocycles. The lowest BCUT2D eigenvalue weighted by molar-refractivity contribution is -0.199. The summed E-state index contributed by atoms with van der Waals surface area (Å²) in [6.07, 6.45) is -1.94. The van der Waals surface area contributed by atoms with E-state index in [1.54, 1.807) is 7.05 Å². The molecule has 200 valence electrons. The van der Waals surface area contributed by atoms with Gasteiger partial charge in [-0.2, -0.15) is 0 Å². The molecule has 6 rings (SSSR count). The van der Waals surface area contributed by atoms with Crippen molar-refractivity contribution in [3.63, 3.8) is 0 Å². The van der Waals surface area contributed by atoms with Crippen molar-refractivity contribution in [3.05, 3.63) is 63.3 Å². The lowest BCUT2D eigenvalue weighted by Gasteiger charge is -2.66. The predicted octanol–water partition coefficient (Wildman–Crippen LogP) is 4.47. The lowest BCUT2D eigenvalue weighted by Crippen LogP contribution is -2.71. The third-order valence-corrected chi connectivity index (χ3v) is 7.94. The number of carbonyl (C=O) groups is 1. The third kappa shape index (κ3) is 4.51. The Labute approximate surface area is 210 Å². The first-order valence-corrected chi connectivity index (χ1v) is 12.3. The Morgan fingerprint density at radius 1 is 1.19 bits per heavy atom. The smallest absolute Gasteiger partial charge is 0.266 e. The van der Waals surface area contributed by atoms with Gasteiger partial charge in [0.05, 0.1) is 34.4 Å². The van der Waals surface area contributed by atoms with Crippen LogP contribution in [0.3, 0.4) is 0 Å². The molecule has 3 aliphatic carbocycles. The molecule has 1 saturated heterocycles. The van der Waals surface area contributed by atoms with E-state index in [0.29, 0.717) is 13.0 Å². The Morgan fingerprint density at radius 3 is 2.49 bits per heavy atom. The number of alkyl halides is 4. The first-order chi connectivity index (χ1) is 17.4. The van der Waals surface area contributed by atoms with Gasteiger partial charge in [-0.1, -0.05) is 18.2 Å². The second-order valence-electron chi connectivity index (χ2n) is 10.8. The van der Waals surface area contributed by atoms with Crippen molar-refractivity contribution in [1.29, 1.82) is 0 Å². The van der Waals surface area contributed by atoms with Crippen LogP contribution in [0.1, 0.15) is 66.6 Å². The molecule has 4 fully saturated rings. The number of amides is 1. The Kier molecular flexibility index (Phi) is 6.32. The molecule has 3 atom stereocenters. The first-order valence-electron chi connectivity index (χ1n) is 12.3. The summed E-state index contributed by atoms with van der Waals surface area (Å²) >= 11 is 0. The SMILES string of the molecule is C[C@@H](NC(=O)c1cn(C23CC(F)(C2)C3)c(=O)cc1N[C@@H]1CCN(C)C[C@@H]1F)c1cccc(C(F)F)c1F. The quantitative estimate of drug-likeness (QED) is 0.525. The lowest BCUT2D eigenvalue weighted by atomic mass is 9.47. The van der Waals surface area contributed by atoms with E-state index in [9.17, 15) is 31.5 Å². The molecule has 2 bridgehead atoms. The zero-order chi connectivity index (χ0) is 26.7. The second-order valence-corrected chi connectivity index (χ2v) is 10.8. The van der Waals surface area contributed by atoms with E-state index in [4.69, 9.17) is 0 Å². The number of benzene rings is 1. The van der Waals surface area contributed by atoms with Crippen molar-refractivity contribution in [2.45, 2.75) is 68.5 Å². The zero-order valence-corrected chi connectivity index (χ0v) is 20.5. The van der Waals surface area contributed by atoms with Gasteiger partial charge in [0.15, 0.2) is 0 Å². The summed E-state index contributed by atoms with van der Waals surface area (Å²) in [5.74, 6) is -1.81. The number of nitrogens with one attached hydrogen (secondary N) is 2. The fourth-order valence-corrected chi connectivity index (χ4v) is 5.92. The fraction of sp³-hybridized carbons (Fsp3) is 0.538. The minimum Gasteiger partial charge on any atom is -0.378 e. The molecule has 0 spiro atoms. The van der Waals surface area contributed by atoms with Crippen LogP contribution in [-0.2, 0) is 5.54 Å². The van der Waals surface area contributed by atoms with Gasteiger partial charge in [0.25, 0.3) is 17.9 Å². The van der Waals surface area contributed by atoms with E-state index in [0.717, 1.165) is 6.07 Å². The number of halogens is 5. The zero-order valence-electron chi connectivity index (χ0n) is 20.5. The summed E-state index contributed by atoms with van der Waals surface area (Å²) < 4.78 is 71.3. The van der Waals surface area contributed by atoms with Gasteiger partial charge in [0.2, 0.25) is 0 Å². The molecule has 2 aromatic rings. The minimum absolute atomic E-state index is 0.0145. The number of pyridine rings is 1. The topological polar surface area (TPSA) is 66.4 Å². The summed E-state index contributed by atoms with van der Waals surface area (Å²) in [7, 11) is 1.80. The van der Waals surface area contributed by atoms with E-state index >= 15 is 0 Å². The summed E-state index contributed by atoms with van der Waals surface area (Å²) in [4.78, 5) is 28.2. The standard InChI is InChI=1S/C26H29F5N4O2/c1-14(15-4-3-5-16(22(15)28)23(29)30)32-24(37)17-9-35(26-11-25(31,12-26)13-26)21(36)8-20(17)33-19-6-7-34(2)10-18(19)27/h3-5,8-9,14,18-19,23,33H,6-7,10-13H2,1-2H3,(H,32,37)/t14-,18+,19-,25?,26?/m1/s1. The monoisotopic (exact) mass is 524 g/mol. The van der Waals surface area contributed by atoms with Gasteiger partial charge in [-0.25, -0.2) is 22.0 Å². The molecule has 6 nitrogen and oxygen atoms in total. The van der Waals surface area contributed by atoms with Crippen molar-refractivity contribution in [2.24, 2.45) is 0 Å². The van der Waals surface area contributed by atoms with Crippen LogP contribution in [0.25, 0.3) is 0 Å². The number of hydrogen-bond acceptors (Lipinski definition) is 4. The predicted molar refractivity (Wildman–Crippen MR) is 128 cm³/mol. The molecule has 1 aliphatic heterocycles. The first kappa shape index (κ1) is 25.7. The van der Waals surface area contributed by atoms with E-state index in [1.807, 2.05) is 4.90 Å². The summed E-state index contributed by atoms with van der Waals surface area (Å²) in [6.45, 7) is 2.27. The van der Waals surface area contributed by atoms with Crippen molar-refractivity contribution in [1.82, 2.24) is 14.8 Å². The second kappa shape index (κ2) is 9.11. The van der Waals surface area contributed by atoms with Gasteiger partial charge in [0.1, 0.15) is 17.7 Å². The van der Waals surface area contributed by atoms with Gasteiger partial charge >= 0.3 is 0 Å². The van der Waals surface area contributed by atoms with Crippen LogP contribution >= 0.6 is 0 Å². The molecule has 11 heteroatoms. The largest absolute Gasteiger partial charge is 0.378 e. The molecule has 1 aromatic carbocycles. The fourth-order valence-electron chi connectivity index (χ4n) is 5.92. The van der Waals surface area contributed by atoms with Crippen LogP contribution < -0.4 is 16.2 Å². The molecular formula is C26H29F5N4O2. The van der Waals surface area contributed by atoms with Crippen molar-refractivity contribution in [2.75, 3.05) is 25.5 Å². The number of rotatable bonds is 7. The van der Waals surface area contributed by atoms with E-state index in [-0.39, 0.29) is 42.6 Å². The number of anilines is 1. The maximum Gasteiger partial charge on any atom is 0.266 e. The number of nitrogens with zero attached hydrogens (tertiary/aromatic N) is 2. The van der Waals surface area contributed by atoms with Crippen LogP contribution in [0.15, 0.2) is 35.3 Å². The van der Waals surface area contributed by atoms with Crippen molar-refractivity contribution >= 4 is 11.6 Å². The molecule has 0 unspecified atom stereocenters. The highest BCUT2D eigenvalue weighted by atomic mass is 19.3. The highest BCUT2D eigenvalue weighted by molar-refractivity contribution is 5.99. The van der Waals surface area contributed by atoms with Crippen LogP contribution in [0.4, 0.5) is 27.6 Å². The van der Waals surface area contributed by atoms with Crippen molar-refractivity contribution < 1.29 is 26.7 Å². The summed E-state index contributed by atoms with van der Waals surface area (Å²) in [6, 6.07) is 3.16. The average molecular weight is 525 g/mol. The Bertz CT molecular complexity index is 1260. The van der Waals surface area contributed by atoms with E-state index < -0.39 is 58.7 Å². The average Bonchev–Trinajstić information content (AvgIpc) is 2.78. The van der Waals surface area contributed by atoms with Crippen LogP contribution in [-0.4, -0.2) is 53.4 Å². The number of likely N-dealkylation sites (tertiary alicyclic amines) is 1. The Balaban J connectivity index is 1.46. The minimum atomic E-state index is -3.02. The maximum absolute atomic E-state index is 14.7. The molecule has 1 amide bonds. The highest BCUT2D eigenvalue weighted by Crippen LogP contribution is 2.67. The van der Waals surface area contributed by atoms with Gasteiger partial charge in [-0.15, -0.1) is 0 Å². The molecule has 0 radical (unpaired) electrons. The van der Waals surface area contributed by atoms with Gasteiger partial charge < -0.3 is 20.1 Å². The summed E-state index contributed by atoms with van der Waals surface area (Å²) in [5, 5.41) is 5.62. The van der Waals surface area contributed by atoms with Crippen LogP contribution in [0, 0.1) is 5.82 Å². The Hall–Kier alpha value is -2.95.